The van der Waals surface area contributed by atoms with Crippen LogP contribution < -0.4 is 0 Å². The second-order valence-corrected chi connectivity index (χ2v) is 4.66. The smallest absolute Gasteiger partial charge is 0.0818 e. The van der Waals surface area contributed by atoms with Crippen LogP contribution in [0.15, 0.2) is 24.3 Å². The van der Waals surface area contributed by atoms with Crippen LogP contribution in [0.1, 0.15) is 42.9 Å². The molecule has 88 valence electrons. The van der Waals surface area contributed by atoms with E-state index in [-0.39, 0.29) is 6.10 Å². The molecule has 1 aromatic rings. The number of methoxy groups -OCH3 is 1. The van der Waals surface area contributed by atoms with Crippen LogP contribution in [0.4, 0.5) is 0 Å². The summed E-state index contributed by atoms with van der Waals surface area (Å²) in [6.45, 7) is 0.639. The average molecular weight is 220 g/mol. The van der Waals surface area contributed by atoms with Crippen molar-refractivity contribution in [2.24, 2.45) is 5.92 Å². The summed E-state index contributed by atoms with van der Waals surface area (Å²) in [6, 6.07) is 8.13. The quantitative estimate of drug-likeness (QED) is 0.845. The van der Waals surface area contributed by atoms with Gasteiger partial charge < -0.3 is 9.84 Å². The highest BCUT2D eigenvalue weighted by Crippen LogP contribution is 2.35. The predicted octanol–water partition coefficient (Wildman–Crippen LogP) is 3.06. The first-order valence-electron chi connectivity index (χ1n) is 6.07. The summed E-state index contributed by atoms with van der Waals surface area (Å²) in [5, 5.41) is 10.2. The van der Waals surface area contributed by atoms with Gasteiger partial charge in [-0.2, -0.15) is 0 Å². The largest absolute Gasteiger partial charge is 0.388 e. The Bertz CT molecular complexity index is 312. The van der Waals surface area contributed by atoms with Crippen molar-refractivity contribution in [1.29, 1.82) is 0 Å². The lowest BCUT2D eigenvalue weighted by Gasteiger charge is -2.18. The van der Waals surface area contributed by atoms with Crippen molar-refractivity contribution in [3.8, 4) is 0 Å². The molecule has 0 aliphatic heterocycles. The van der Waals surface area contributed by atoms with Crippen LogP contribution in [0.25, 0.3) is 0 Å². The Kier molecular flexibility index (Phi) is 3.97. The molecule has 0 saturated heterocycles. The minimum Gasteiger partial charge on any atom is -0.388 e. The summed E-state index contributed by atoms with van der Waals surface area (Å²) in [6.07, 6.45) is 4.59. The number of ether oxygens (including phenoxy) is 1. The van der Waals surface area contributed by atoms with E-state index in [1.807, 2.05) is 24.3 Å². The highest BCUT2D eigenvalue weighted by atomic mass is 16.5. The van der Waals surface area contributed by atoms with Gasteiger partial charge in [0.2, 0.25) is 0 Å². The van der Waals surface area contributed by atoms with Gasteiger partial charge in [-0.15, -0.1) is 0 Å². The molecule has 0 heterocycles. The molecule has 1 N–H and O–H groups in total. The molecule has 1 saturated carbocycles. The number of aliphatic hydroxyl groups is 1. The Hall–Kier alpha value is -0.860. The van der Waals surface area contributed by atoms with Crippen LogP contribution in [0, 0.1) is 5.92 Å². The first-order chi connectivity index (χ1) is 7.81. The third kappa shape index (κ3) is 2.63. The van der Waals surface area contributed by atoms with Gasteiger partial charge in [-0.25, -0.2) is 0 Å². The molecule has 1 aromatic carbocycles. The third-order valence-corrected chi connectivity index (χ3v) is 3.48. The Labute approximate surface area is 97.3 Å². The Morgan fingerprint density at radius 3 is 2.44 bits per heavy atom. The summed E-state index contributed by atoms with van der Waals surface area (Å²) >= 11 is 0. The molecule has 1 fully saturated rings. The number of hydrogen-bond donors (Lipinski definition) is 1. The van der Waals surface area contributed by atoms with E-state index >= 15 is 0 Å². The number of benzene rings is 1. The van der Waals surface area contributed by atoms with Crippen LogP contribution in [0.2, 0.25) is 0 Å². The second-order valence-electron chi connectivity index (χ2n) is 4.66. The fourth-order valence-corrected chi connectivity index (χ4v) is 2.52. The molecule has 2 heteroatoms. The molecule has 1 aliphatic rings. The molecule has 0 amide bonds. The summed E-state index contributed by atoms with van der Waals surface area (Å²) in [5.41, 5.74) is 2.21. The van der Waals surface area contributed by atoms with Gasteiger partial charge >= 0.3 is 0 Å². The van der Waals surface area contributed by atoms with E-state index in [0.717, 1.165) is 11.1 Å². The lowest BCUT2D eigenvalue weighted by molar-refractivity contribution is 0.111. The Morgan fingerprint density at radius 1 is 1.25 bits per heavy atom. The highest BCUT2D eigenvalue weighted by molar-refractivity contribution is 5.24. The van der Waals surface area contributed by atoms with Crippen LogP contribution in [-0.2, 0) is 11.3 Å². The SMILES string of the molecule is COCc1ccc(C(O)C2CCCC2)cc1. The van der Waals surface area contributed by atoms with Crippen molar-refractivity contribution in [3.05, 3.63) is 35.4 Å². The third-order valence-electron chi connectivity index (χ3n) is 3.48. The standard InChI is InChI=1S/C14H20O2/c1-16-10-11-6-8-13(9-7-11)14(15)12-4-2-3-5-12/h6-9,12,14-15H,2-5,10H2,1H3. The fraction of sp³-hybridized carbons (Fsp3) is 0.571. The molecule has 0 radical (unpaired) electrons. The van der Waals surface area contributed by atoms with Crippen LogP contribution in [0.5, 0.6) is 0 Å². The molecule has 0 bridgehead atoms. The zero-order valence-electron chi connectivity index (χ0n) is 9.86. The lowest BCUT2D eigenvalue weighted by atomic mass is 9.94. The Morgan fingerprint density at radius 2 is 1.88 bits per heavy atom. The molecule has 1 aliphatic carbocycles. The summed E-state index contributed by atoms with van der Waals surface area (Å²) in [7, 11) is 1.70. The molecule has 2 nitrogen and oxygen atoms in total. The molecule has 1 unspecified atom stereocenters. The average Bonchev–Trinajstić information content (AvgIpc) is 2.83. The molecule has 0 spiro atoms. The Balaban J connectivity index is 2.02. The maximum atomic E-state index is 10.2. The molecule has 1 atom stereocenters. The van der Waals surface area contributed by atoms with Gasteiger partial charge in [-0.05, 0) is 29.9 Å². The van der Waals surface area contributed by atoms with Gasteiger partial charge in [0.25, 0.3) is 0 Å². The van der Waals surface area contributed by atoms with Crippen LogP contribution in [-0.4, -0.2) is 12.2 Å². The second kappa shape index (κ2) is 5.46. The van der Waals surface area contributed by atoms with Crippen molar-refractivity contribution < 1.29 is 9.84 Å². The topological polar surface area (TPSA) is 29.5 Å². The predicted molar refractivity (Wildman–Crippen MR) is 64.1 cm³/mol. The molecule has 16 heavy (non-hydrogen) atoms. The lowest BCUT2D eigenvalue weighted by Crippen LogP contribution is -2.08. The van der Waals surface area contributed by atoms with Gasteiger partial charge in [0.15, 0.2) is 0 Å². The van der Waals surface area contributed by atoms with Crippen LogP contribution >= 0.6 is 0 Å². The van der Waals surface area contributed by atoms with Gasteiger partial charge in [0.1, 0.15) is 0 Å². The number of aliphatic hydroxyl groups excluding tert-OH is 1. The van der Waals surface area contributed by atoms with Crippen molar-refractivity contribution in [1.82, 2.24) is 0 Å². The van der Waals surface area contributed by atoms with Crippen molar-refractivity contribution >= 4 is 0 Å². The highest BCUT2D eigenvalue weighted by Gasteiger charge is 2.24. The summed E-state index contributed by atoms with van der Waals surface area (Å²) < 4.78 is 5.07. The van der Waals surface area contributed by atoms with Crippen molar-refractivity contribution in [2.75, 3.05) is 7.11 Å². The number of hydrogen-bond acceptors (Lipinski definition) is 2. The molecular weight excluding hydrogens is 200 g/mol. The van der Waals surface area contributed by atoms with Gasteiger partial charge in [0, 0.05) is 7.11 Å². The van der Waals surface area contributed by atoms with E-state index in [1.54, 1.807) is 7.11 Å². The van der Waals surface area contributed by atoms with E-state index in [4.69, 9.17) is 4.74 Å². The minimum atomic E-state index is -0.279. The van der Waals surface area contributed by atoms with Crippen molar-refractivity contribution in [3.63, 3.8) is 0 Å². The first kappa shape index (κ1) is 11.6. The van der Waals surface area contributed by atoms with E-state index in [1.165, 1.54) is 25.7 Å². The van der Waals surface area contributed by atoms with Gasteiger partial charge in [-0.3, -0.25) is 0 Å². The monoisotopic (exact) mass is 220 g/mol. The summed E-state index contributed by atoms with van der Waals surface area (Å²) in [5.74, 6) is 0.466. The maximum Gasteiger partial charge on any atom is 0.0818 e. The first-order valence-corrected chi connectivity index (χ1v) is 6.07. The fourth-order valence-electron chi connectivity index (χ4n) is 2.52. The molecule has 0 aromatic heterocycles. The zero-order chi connectivity index (χ0) is 11.4. The van der Waals surface area contributed by atoms with Crippen LogP contribution in [0.3, 0.4) is 0 Å². The van der Waals surface area contributed by atoms with Gasteiger partial charge in [0.05, 0.1) is 12.7 Å². The van der Waals surface area contributed by atoms with E-state index in [9.17, 15) is 5.11 Å². The molecular formula is C14H20O2. The van der Waals surface area contributed by atoms with E-state index < -0.39 is 0 Å². The zero-order valence-corrected chi connectivity index (χ0v) is 9.86. The molecule has 2 rings (SSSR count). The van der Waals surface area contributed by atoms with E-state index in [2.05, 4.69) is 0 Å². The minimum absolute atomic E-state index is 0.279. The maximum absolute atomic E-state index is 10.2. The van der Waals surface area contributed by atoms with E-state index in [0.29, 0.717) is 12.5 Å². The summed E-state index contributed by atoms with van der Waals surface area (Å²) in [4.78, 5) is 0. The van der Waals surface area contributed by atoms with Gasteiger partial charge in [-0.1, -0.05) is 37.1 Å². The van der Waals surface area contributed by atoms with Crippen molar-refractivity contribution in [2.45, 2.75) is 38.4 Å². The number of rotatable bonds is 4. The normalized spacial score (nSPS) is 18.9.